The third kappa shape index (κ3) is 1.87. The first-order valence-electron chi connectivity index (χ1n) is 5.50. The van der Waals surface area contributed by atoms with Gasteiger partial charge in [0.1, 0.15) is 5.82 Å². The fourth-order valence-corrected chi connectivity index (χ4v) is 1.92. The highest BCUT2D eigenvalue weighted by atomic mass is 19.1. The smallest absolute Gasteiger partial charge is 0.127 e. The number of nitrogens with zero attached hydrogens (tertiary/aromatic N) is 1. The average molecular weight is 217 g/mol. The van der Waals surface area contributed by atoms with E-state index >= 15 is 0 Å². The first kappa shape index (κ1) is 10.9. The summed E-state index contributed by atoms with van der Waals surface area (Å²) in [5.74, 6) is 0.108. The lowest BCUT2D eigenvalue weighted by Gasteiger charge is -2.09. The molecule has 0 aliphatic rings. The molecule has 0 spiro atoms. The average Bonchev–Trinajstić information content (AvgIpc) is 2.63. The monoisotopic (exact) mass is 217 g/mol. The van der Waals surface area contributed by atoms with Crippen molar-refractivity contribution in [3.63, 3.8) is 0 Å². The molecule has 0 atom stereocenters. The van der Waals surface area contributed by atoms with Crippen molar-refractivity contribution in [1.29, 1.82) is 0 Å². The molecule has 84 valence electrons. The molecule has 16 heavy (non-hydrogen) atoms. The first-order valence-corrected chi connectivity index (χ1v) is 5.50. The predicted octanol–water partition coefficient (Wildman–Crippen LogP) is 3.95. The van der Waals surface area contributed by atoms with Crippen LogP contribution in [0.3, 0.4) is 0 Å². The molecular formula is C14H16FN. The van der Waals surface area contributed by atoms with Crippen LogP contribution in [0.2, 0.25) is 0 Å². The summed E-state index contributed by atoms with van der Waals surface area (Å²) in [6.07, 6.45) is 1.96. The SMILES string of the molecule is CC(C)c1ccc(-c2cccn2C)cc1F. The van der Waals surface area contributed by atoms with Crippen molar-refractivity contribution in [3.05, 3.63) is 47.9 Å². The van der Waals surface area contributed by atoms with Crippen molar-refractivity contribution < 1.29 is 4.39 Å². The molecule has 1 aromatic carbocycles. The third-order valence-corrected chi connectivity index (χ3v) is 2.86. The molecule has 0 fully saturated rings. The van der Waals surface area contributed by atoms with Crippen molar-refractivity contribution >= 4 is 0 Å². The molecule has 0 bridgehead atoms. The zero-order valence-corrected chi connectivity index (χ0v) is 9.87. The van der Waals surface area contributed by atoms with E-state index in [2.05, 4.69) is 0 Å². The summed E-state index contributed by atoms with van der Waals surface area (Å²) in [7, 11) is 1.96. The standard InChI is InChI=1S/C14H16FN/c1-10(2)12-7-6-11(9-13(12)15)14-5-4-8-16(14)3/h4-10H,1-3H3. The maximum Gasteiger partial charge on any atom is 0.127 e. The van der Waals surface area contributed by atoms with Gasteiger partial charge in [-0.2, -0.15) is 0 Å². The van der Waals surface area contributed by atoms with E-state index < -0.39 is 0 Å². The number of rotatable bonds is 2. The molecule has 0 aliphatic carbocycles. The molecule has 0 unspecified atom stereocenters. The first-order chi connectivity index (χ1) is 7.59. The van der Waals surface area contributed by atoms with Crippen LogP contribution in [0.4, 0.5) is 4.39 Å². The molecule has 1 heterocycles. The van der Waals surface area contributed by atoms with Crippen LogP contribution in [-0.4, -0.2) is 4.57 Å². The minimum atomic E-state index is -0.117. The highest BCUT2D eigenvalue weighted by Crippen LogP contribution is 2.25. The summed E-state index contributed by atoms with van der Waals surface area (Å²) in [5, 5.41) is 0. The molecule has 0 N–H and O–H groups in total. The van der Waals surface area contributed by atoms with Crippen molar-refractivity contribution in [2.24, 2.45) is 7.05 Å². The second-order valence-electron chi connectivity index (χ2n) is 4.40. The Morgan fingerprint density at radius 3 is 2.44 bits per heavy atom. The molecule has 0 saturated heterocycles. The van der Waals surface area contributed by atoms with E-state index in [9.17, 15) is 4.39 Å². The Morgan fingerprint density at radius 2 is 1.94 bits per heavy atom. The molecule has 2 rings (SSSR count). The number of aromatic nitrogens is 1. The van der Waals surface area contributed by atoms with Gasteiger partial charge in [-0.15, -0.1) is 0 Å². The minimum absolute atomic E-state index is 0.117. The van der Waals surface area contributed by atoms with Crippen molar-refractivity contribution in [3.8, 4) is 11.3 Å². The van der Waals surface area contributed by atoms with Crippen molar-refractivity contribution in [1.82, 2.24) is 4.57 Å². The molecule has 1 nitrogen and oxygen atoms in total. The van der Waals surface area contributed by atoms with Gasteiger partial charge in [-0.05, 0) is 29.7 Å². The van der Waals surface area contributed by atoms with Gasteiger partial charge >= 0.3 is 0 Å². The second kappa shape index (κ2) is 4.12. The number of hydrogen-bond acceptors (Lipinski definition) is 0. The van der Waals surface area contributed by atoms with E-state index in [1.807, 2.05) is 55.9 Å². The van der Waals surface area contributed by atoms with Gasteiger partial charge in [0.05, 0.1) is 0 Å². The van der Waals surface area contributed by atoms with Gasteiger partial charge < -0.3 is 4.57 Å². The van der Waals surface area contributed by atoms with Gasteiger partial charge in [0, 0.05) is 24.5 Å². The largest absolute Gasteiger partial charge is 0.351 e. The van der Waals surface area contributed by atoms with Crippen molar-refractivity contribution in [2.45, 2.75) is 19.8 Å². The van der Waals surface area contributed by atoms with E-state index in [0.717, 1.165) is 16.8 Å². The Morgan fingerprint density at radius 1 is 1.19 bits per heavy atom. The second-order valence-corrected chi connectivity index (χ2v) is 4.40. The maximum absolute atomic E-state index is 13.8. The van der Waals surface area contributed by atoms with Crippen LogP contribution in [-0.2, 0) is 7.05 Å². The van der Waals surface area contributed by atoms with Crippen LogP contribution >= 0.6 is 0 Å². The van der Waals surface area contributed by atoms with Crippen LogP contribution in [0.1, 0.15) is 25.3 Å². The van der Waals surface area contributed by atoms with Gasteiger partial charge in [0.15, 0.2) is 0 Å². The molecule has 1 aromatic heterocycles. The summed E-state index contributed by atoms with van der Waals surface area (Å²) in [6, 6.07) is 9.42. The van der Waals surface area contributed by atoms with E-state index in [0.29, 0.717) is 0 Å². The predicted molar refractivity (Wildman–Crippen MR) is 64.9 cm³/mol. The molecule has 0 radical (unpaired) electrons. The fourth-order valence-electron chi connectivity index (χ4n) is 1.92. The number of hydrogen-bond donors (Lipinski definition) is 0. The number of benzene rings is 1. The Kier molecular flexibility index (Phi) is 2.82. The third-order valence-electron chi connectivity index (χ3n) is 2.86. The van der Waals surface area contributed by atoms with Crippen molar-refractivity contribution in [2.75, 3.05) is 0 Å². The molecule has 2 heteroatoms. The Labute approximate surface area is 95.5 Å². The minimum Gasteiger partial charge on any atom is -0.351 e. The quantitative estimate of drug-likeness (QED) is 0.717. The lowest BCUT2D eigenvalue weighted by Crippen LogP contribution is -1.95. The topological polar surface area (TPSA) is 4.93 Å². The maximum atomic E-state index is 13.8. The summed E-state index contributed by atoms with van der Waals surface area (Å²) in [4.78, 5) is 0. The zero-order chi connectivity index (χ0) is 11.7. The zero-order valence-electron chi connectivity index (χ0n) is 9.87. The highest BCUT2D eigenvalue weighted by Gasteiger charge is 2.09. The van der Waals surface area contributed by atoms with E-state index in [4.69, 9.17) is 0 Å². The lowest BCUT2D eigenvalue weighted by atomic mass is 10.00. The number of aryl methyl sites for hydroxylation is 1. The van der Waals surface area contributed by atoms with Gasteiger partial charge in [0.2, 0.25) is 0 Å². The molecule has 0 amide bonds. The normalized spacial score (nSPS) is 11.1. The Bertz CT molecular complexity index is 497. The fraction of sp³-hybridized carbons (Fsp3) is 0.286. The summed E-state index contributed by atoms with van der Waals surface area (Å²) >= 11 is 0. The van der Waals surface area contributed by atoms with Crippen LogP contribution in [0, 0.1) is 5.82 Å². The summed E-state index contributed by atoms with van der Waals surface area (Å²) in [6.45, 7) is 4.00. The van der Waals surface area contributed by atoms with Crippen LogP contribution in [0.25, 0.3) is 11.3 Å². The van der Waals surface area contributed by atoms with Crippen LogP contribution < -0.4 is 0 Å². The van der Waals surface area contributed by atoms with E-state index in [-0.39, 0.29) is 11.7 Å². The Hall–Kier alpha value is -1.57. The Balaban J connectivity index is 2.46. The summed E-state index contributed by atoms with van der Waals surface area (Å²) < 4.78 is 15.8. The van der Waals surface area contributed by atoms with Gasteiger partial charge in [-0.3, -0.25) is 0 Å². The van der Waals surface area contributed by atoms with Crippen LogP contribution in [0.5, 0.6) is 0 Å². The van der Waals surface area contributed by atoms with Gasteiger partial charge in [0.25, 0.3) is 0 Å². The van der Waals surface area contributed by atoms with Gasteiger partial charge in [-0.25, -0.2) is 4.39 Å². The number of halogens is 1. The van der Waals surface area contributed by atoms with E-state index in [1.54, 1.807) is 6.07 Å². The lowest BCUT2D eigenvalue weighted by molar-refractivity contribution is 0.598. The molecule has 2 aromatic rings. The molecular weight excluding hydrogens is 201 g/mol. The highest BCUT2D eigenvalue weighted by molar-refractivity contribution is 5.60. The molecule has 0 saturated carbocycles. The van der Waals surface area contributed by atoms with Crippen LogP contribution in [0.15, 0.2) is 36.5 Å². The van der Waals surface area contributed by atoms with E-state index in [1.165, 1.54) is 0 Å². The van der Waals surface area contributed by atoms with Gasteiger partial charge in [-0.1, -0.05) is 26.0 Å². The molecule has 0 aliphatic heterocycles. The summed E-state index contributed by atoms with van der Waals surface area (Å²) in [5.41, 5.74) is 2.74.